The van der Waals surface area contributed by atoms with Gasteiger partial charge in [0.1, 0.15) is 0 Å². The van der Waals surface area contributed by atoms with Gasteiger partial charge in [-0.15, -0.1) is 0 Å². The van der Waals surface area contributed by atoms with Crippen LogP contribution in [0.5, 0.6) is 0 Å². The van der Waals surface area contributed by atoms with Crippen molar-refractivity contribution in [1.82, 2.24) is 0 Å². The lowest BCUT2D eigenvalue weighted by Crippen LogP contribution is -2.35. The number of benzene rings is 3. The number of methoxy groups -OCH3 is 1. The fourth-order valence-corrected chi connectivity index (χ4v) is 4.63. The summed E-state index contributed by atoms with van der Waals surface area (Å²) in [6.07, 6.45) is 2.17. The van der Waals surface area contributed by atoms with Gasteiger partial charge in [-0.25, -0.2) is 13.2 Å². The third kappa shape index (κ3) is 5.12. The van der Waals surface area contributed by atoms with E-state index in [-0.39, 0.29) is 28.3 Å². The van der Waals surface area contributed by atoms with Crippen molar-refractivity contribution in [3.8, 4) is 0 Å². The molecule has 0 aliphatic carbocycles. The van der Waals surface area contributed by atoms with Crippen molar-refractivity contribution in [2.45, 2.75) is 11.8 Å². The van der Waals surface area contributed by atoms with Crippen molar-refractivity contribution in [2.75, 3.05) is 18.0 Å². The zero-order valence-electron chi connectivity index (χ0n) is 17.8. The Labute approximate surface area is 187 Å². The van der Waals surface area contributed by atoms with Crippen molar-refractivity contribution in [3.05, 3.63) is 101 Å². The number of nitrogens with zero attached hydrogens (tertiary/aromatic N) is 1. The lowest BCUT2D eigenvalue weighted by atomic mass is 10.1. The monoisotopic (exact) mass is 449 g/mol. The van der Waals surface area contributed by atoms with Crippen LogP contribution in [0.4, 0.5) is 5.69 Å². The van der Waals surface area contributed by atoms with Gasteiger partial charge >= 0.3 is 5.97 Å². The fraction of sp³-hybridized carbons (Fsp3) is 0.120. The lowest BCUT2D eigenvalue weighted by Gasteiger charge is -2.26. The molecule has 0 N–H and O–H groups in total. The molecule has 0 heterocycles. The fourth-order valence-electron chi connectivity index (χ4n) is 3.16. The molecule has 3 aromatic rings. The number of carbonyl (C=O) groups excluding carboxylic acids is 2. The van der Waals surface area contributed by atoms with E-state index in [9.17, 15) is 18.0 Å². The van der Waals surface area contributed by atoms with Gasteiger partial charge in [-0.1, -0.05) is 60.2 Å². The van der Waals surface area contributed by atoms with E-state index in [1.54, 1.807) is 42.5 Å². The molecule has 164 valence electrons. The van der Waals surface area contributed by atoms with Crippen molar-refractivity contribution in [1.29, 1.82) is 0 Å². The number of ether oxygens (including phenoxy) is 1. The summed E-state index contributed by atoms with van der Waals surface area (Å²) >= 11 is 0. The molecular weight excluding hydrogens is 426 g/mol. The molecule has 3 rings (SSSR count). The van der Waals surface area contributed by atoms with Crippen molar-refractivity contribution in [2.24, 2.45) is 0 Å². The standard InChI is InChI=1S/C25H23NO5S/c1-19-12-14-23(15-13-19)32(29,30)26(24-11-7-6-10-21(24)18-27)17-22(25(28)31-2)16-20-8-4-3-5-9-20/h3-16,18H,17H2,1-2H3. The van der Waals surface area contributed by atoms with Gasteiger partial charge < -0.3 is 4.74 Å². The summed E-state index contributed by atoms with van der Waals surface area (Å²) < 4.78 is 33.3. The average molecular weight is 450 g/mol. The predicted octanol–water partition coefficient (Wildman–Crippen LogP) is 4.26. The van der Waals surface area contributed by atoms with E-state index < -0.39 is 16.0 Å². The lowest BCUT2D eigenvalue weighted by molar-refractivity contribution is -0.136. The average Bonchev–Trinajstić information content (AvgIpc) is 2.82. The van der Waals surface area contributed by atoms with Gasteiger partial charge in [0.15, 0.2) is 6.29 Å². The molecule has 0 aliphatic heterocycles. The molecule has 0 aromatic heterocycles. The van der Waals surface area contributed by atoms with E-state index in [2.05, 4.69) is 0 Å². The first-order chi connectivity index (χ1) is 15.4. The second-order valence-corrected chi connectivity index (χ2v) is 8.94. The summed E-state index contributed by atoms with van der Waals surface area (Å²) in [5.74, 6) is -0.665. The molecule has 0 atom stereocenters. The van der Waals surface area contributed by atoms with Crippen LogP contribution in [0, 0.1) is 6.92 Å². The number of hydrogen-bond donors (Lipinski definition) is 0. The molecule has 0 amide bonds. The van der Waals surface area contributed by atoms with Gasteiger partial charge in [-0.3, -0.25) is 9.10 Å². The zero-order valence-corrected chi connectivity index (χ0v) is 18.6. The maximum absolute atomic E-state index is 13.6. The maximum atomic E-state index is 13.6. The van der Waals surface area contributed by atoms with Gasteiger partial charge in [0.25, 0.3) is 10.0 Å². The van der Waals surface area contributed by atoms with Crippen LogP contribution in [-0.2, 0) is 19.6 Å². The number of rotatable bonds is 8. The predicted molar refractivity (Wildman–Crippen MR) is 124 cm³/mol. The Bertz CT molecular complexity index is 1230. The van der Waals surface area contributed by atoms with Crippen LogP contribution in [0.2, 0.25) is 0 Å². The number of aryl methyl sites for hydroxylation is 1. The van der Waals surface area contributed by atoms with Crippen LogP contribution >= 0.6 is 0 Å². The molecule has 0 aliphatic rings. The summed E-state index contributed by atoms with van der Waals surface area (Å²) in [7, 11) is -2.87. The van der Waals surface area contributed by atoms with Crippen molar-refractivity contribution >= 4 is 34.0 Å². The highest BCUT2D eigenvalue weighted by Crippen LogP contribution is 2.28. The third-order valence-electron chi connectivity index (χ3n) is 4.84. The van der Waals surface area contributed by atoms with Crippen LogP contribution in [-0.4, -0.2) is 34.3 Å². The Morgan fingerprint density at radius 2 is 1.56 bits per heavy atom. The molecule has 0 bridgehead atoms. The first-order valence-electron chi connectivity index (χ1n) is 9.84. The van der Waals surface area contributed by atoms with Gasteiger partial charge in [0.2, 0.25) is 0 Å². The Balaban J connectivity index is 2.17. The summed E-state index contributed by atoms with van der Waals surface area (Å²) in [5.41, 5.74) is 2.10. The SMILES string of the molecule is COC(=O)C(=Cc1ccccc1)CN(c1ccccc1C=O)S(=O)(=O)c1ccc(C)cc1. The number of para-hydroxylation sites is 1. The van der Waals surface area contributed by atoms with E-state index in [0.717, 1.165) is 9.87 Å². The summed E-state index contributed by atoms with van der Waals surface area (Å²) in [6, 6.07) is 21.8. The summed E-state index contributed by atoms with van der Waals surface area (Å²) in [5, 5.41) is 0. The molecule has 0 fully saturated rings. The molecule has 0 spiro atoms. The molecule has 6 nitrogen and oxygen atoms in total. The summed E-state index contributed by atoms with van der Waals surface area (Å²) in [6.45, 7) is 1.54. The first kappa shape index (κ1) is 23.0. The number of sulfonamides is 1. The highest BCUT2D eigenvalue weighted by Gasteiger charge is 2.29. The largest absolute Gasteiger partial charge is 0.466 e. The quantitative estimate of drug-likeness (QED) is 0.292. The van der Waals surface area contributed by atoms with E-state index in [1.165, 1.54) is 31.4 Å². The highest BCUT2D eigenvalue weighted by molar-refractivity contribution is 7.92. The minimum atomic E-state index is -4.11. The number of anilines is 1. The van der Waals surface area contributed by atoms with Gasteiger partial charge in [0, 0.05) is 5.56 Å². The number of esters is 1. The van der Waals surface area contributed by atoms with Gasteiger partial charge in [-0.05, 0) is 42.8 Å². The second kappa shape index (κ2) is 10.1. The molecule has 7 heteroatoms. The molecule has 0 radical (unpaired) electrons. The van der Waals surface area contributed by atoms with Gasteiger partial charge in [-0.2, -0.15) is 0 Å². The second-order valence-electron chi connectivity index (χ2n) is 7.07. The number of aldehydes is 1. The zero-order chi connectivity index (χ0) is 23.1. The molecular formula is C25H23NO5S. The Morgan fingerprint density at radius 1 is 0.938 bits per heavy atom. The topological polar surface area (TPSA) is 80.8 Å². The third-order valence-corrected chi connectivity index (χ3v) is 6.62. The summed E-state index contributed by atoms with van der Waals surface area (Å²) in [4.78, 5) is 24.3. The van der Waals surface area contributed by atoms with Crippen molar-refractivity contribution in [3.63, 3.8) is 0 Å². The molecule has 3 aromatic carbocycles. The number of hydrogen-bond acceptors (Lipinski definition) is 5. The minimum absolute atomic E-state index is 0.0488. The molecule has 0 saturated heterocycles. The molecule has 0 saturated carbocycles. The van der Waals surface area contributed by atoms with E-state index >= 15 is 0 Å². The Kier molecular flexibility index (Phi) is 7.22. The highest BCUT2D eigenvalue weighted by atomic mass is 32.2. The molecule has 32 heavy (non-hydrogen) atoms. The van der Waals surface area contributed by atoms with Crippen LogP contribution < -0.4 is 4.31 Å². The molecule has 0 unspecified atom stereocenters. The Hall–Kier alpha value is -3.71. The van der Waals surface area contributed by atoms with E-state index in [0.29, 0.717) is 11.8 Å². The normalized spacial score (nSPS) is 11.6. The smallest absolute Gasteiger partial charge is 0.335 e. The van der Waals surface area contributed by atoms with Crippen LogP contribution in [0.25, 0.3) is 6.08 Å². The van der Waals surface area contributed by atoms with E-state index in [4.69, 9.17) is 4.74 Å². The minimum Gasteiger partial charge on any atom is -0.466 e. The van der Waals surface area contributed by atoms with Gasteiger partial charge in [0.05, 0.1) is 29.8 Å². The van der Waals surface area contributed by atoms with Crippen molar-refractivity contribution < 1.29 is 22.7 Å². The van der Waals surface area contributed by atoms with Crippen LogP contribution in [0.1, 0.15) is 21.5 Å². The first-order valence-corrected chi connectivity index (χ1v) is 11.3. The van der Waals surface area contributed by atoms with Crippen LogP contribution in [0.3, 0.4) is 0 Å². The Morgan fingerprint density at radius 3 is 2.19 bits per heavy atom. The van der Waals surface area contributed by atoms with Crippen LogP contribution in [0.15, 0.2) is 89.3 Å². The number of carbonyl (C=O) groups is 2. The maximum Gasteiger partial charge on any atom is 0.335 e. The van der Waals surface area contributed by atoms with E-state index in [1.807, 2.05) is 25.1 Å².